The number of hydrogen-bond donors (Lipinski definition) is 0. The largest absolute Gasteiger partial charge is 0.414 e. The lowest BCUT2D eigenvalue weighted by molar-refractivity contribution is -0.0940. The highest BCUT2D eigenvalue weighted by Gasteiger charge is 2.36. The second kappa shape index (κ2) is 3.30. The summed E-state index contributed by atoms with van der Waals surface area (Å²) in [5, 5.41) is 0. The van der Waals surface area contributed by atoms with Gasteiger partial charge in [0.25, 0.3) is 0 Å². The van der Waals surface area contributed by atoms with Gasteiger partial charge in [-0.15, -0.1) is 0 Å². The minimum absolute atomic E-state index is 0.649. The molecule has 0 amide bonds. The van der Waals surface area contributed by atoms with Crippen molar-refractivity contribution in [1.29, 1.82) is 0 Å². The predicted octanol–water partition coefficient (Wildman–Crippen LogP) is 1.26. The number of alkyl halides is 3. The monoisotopic (exact) mass is 227 g/mol. The van der Waals surface area contributed by atoms with E-state index in [-0.39, 0.29) is 0 Å². The van der Waals surface area contributed by atoms with E-state index in [1.165, 1.54) is 0 Å². The molecule has 0 aliphatic carbocycles. The van der Waals surface area contributed by atoms with Gasteiger partial charge in [-0.25, -0.2) is 8.42 Å². The molecule has 7 heteroatoms. The van der Waals surface area contributed by atoms with Crippen LogP contribution >= 0.6 is 0 Å². The summed E-state index contributed by atoms with van der Waals surface area (Å²) in [5.74, 6) is 0. The van der Waals surface area contributed by atoms with Gasteiger partial charge in [0.1, 0.15) is 0 Å². The van der Waals surface area contributed by atoms with Crippen LogP contribution in [0.15, 0.2) is 23.9 Å². The van der Waals surface area contributed by atoms with Gasteiger partial charge < -0.3 is 0 Å². The highest BCUT2D eigenvalue weighted by Crippen LogP contribution is 2.28. The van der Waals surface area contributed by atoms with Crippen LogP contribution in [0.2, 0.25) is 0 Å². The molecule has 1 aliphatic rings. The van der Waals surface area contributed by atoms with Crippen LogP contribution in [0, 0.1) is 0 Å². The molecule has 0 bridgehead atoms. The summed E-state index contributed by atoms with van der Waals surface area (Å²) in [4.78, 5) is 0. The average Bonchev–Trinajstić information content (AvgIpc) is 2.01. The molecule has 0 fully saturated rings. The maximum atomic E-state index is 12.2. The molecular weight excluding hydrogens is 219 g/mol. The fraction of sp³-hybridized carbons (Fsp3) is 0.429. The van der Waals surface area contributed by atoms with Gasteiger partial charge in [-0.1, -0.05) is 6.08 Å². The molecule has 0 aromatic rings. The molecule has 0 spiro atoms. The summed E-state index contributed by atoms with van der Waals surface area (Å²) >= 11 is 0. The second-order valence-electron chi connectivity index (χ2n) is 2.84. The standard InChI is InChI=1S/C7H8F3NO2S/c1-14(12,13)11-4-2-3-6(5-11)7(8,9)10/h2-4H,5H2,1H3. The fourth-order valence-corrected chi connectivity index (χ4v) is 1.61. The Balaban J connectivity index is 2.91. The summed E-state index contributed by atoms with van der Waals surface area (Å²) in [5.41, 5.74) is -0.870. The average molecular weight is 227 g/mol. The third-order valence-electron chi connectivity index (χ3n) is 1.67. The molecule has 0 saturated carbocycles. The lowest BCUT2D eigenvalue weighted by atomic mass is 10.2. The first-order valence-electron chi connectivity index (χ1n) is 3.62. The Hall–Kier alpha value is -0.980. The normalized spacial score (nSPS) is 18.3. The van der Waals surface area contributed by atoms with Crippen LogP contribution in [0.1, 0.15) is 0 Å². The van der Waals surface area contributed by atoms with Crippen LogP contribution in [0.25, 0.3) is 0 Å². The van der Waals surface area contributed by atoms with Gasteiger partial charge >= 0.3 is 6.18 Å². The van der Waals surface area contributed by atoms with Crippen LogP contribution in [0.5, 0.6) is 0 Å². The molecular formula is C7H8F3NO2S. The zero-order chi connectivity index (χ0) is 11.0. The van der Waals surface area contributed by atoms with Crippen molar-refractivity contribution in [3.63, 3.8) is 0 Å². The SMILES string of the molecule is CS(=O)(=O)N1C=CC=C(C(F)(F)F)C1. The first-order valence-corrected chi connectivity index (χ1v) is 5.47. The van der Waals surface area contributed by atoms with Crippen molar-refractivity contribution in [3.05, 3.63) is 23.9 Å². The Morgan fingerprint density at radius 1 is 1.43 bits per heavy atom. The Morgan fingerprint density at radius 3 is 2.43 bits per heavy atom. The van der Waals surface area contributed by atoms with Crippen LogP contribution in [0.4, 0.5) is 13.2 Å². The molecule has 0 saturated heterocycles. The van der Waals surface area contributed by atoms with Gasteiger partial charge in [-0.2, -0.15) is 13.2 Å². The lowest BCUT2D eigenvalue weighted by Gasteiger charge is -2.23. The molecule has 0 aromatic heterocycles. The Labute approximate surface area is 79.6 Å². The molecule has 80 valence electrons. The molecule has 0 N–H and O–H groups in total. The van der Waals surface area contributed by atoms with E-state index in [9.17, 15) is 21.6 Å². The summed E-state index contributed by atoms with van der Waals surface area (Å²) in [7, 11) is -3.61. The molecule has 0 radical (unpaired) electrons. The summed E-state index contributed by atoms with van der Waals surface area (Å²) in [6.07, 6.45) is -0.593. The van der Waals surface area contributed by atoms with Gasteiger partial charge in [0.15, 0.2) is 0 Å². The van der Waals surface area contributed by atoms with E-state index in [0.717, 1.165) is 24.6 Å². The first kappa shape index (κ1) is 11.1. The van der Waals surface area contributed by atoms with E-state index in [0.29, 0.717) is 4.31 Å². The quantitative estimate of drug-likeness (QED) is 0.676. The number of rotatable bonds is 1. The van der Waals surface area contributed by atoms with Gasteiger partial charge in [0.05, 0.1) is 18.4 Å². The van der Waals surface area contributed by atoms with Crippen molar-refractivity contribution in [2.75, 3.05) is 12.8 Å². The number of sulfonamides is 1. The number of hydrogen-bond acceptors (Lipinski definition) is 2. The van der Waals surface area contributed by atoms with Crippen LogP contribution in [-0.2, 0) is 10.0 Å². The highest BCUT2D eigenvalue weighted by molar-refractivity contribution is 7.88. The third-order valence-corrected chi connectivity index (χ3v) is 2.77. The minimum atomic E-state index is -4.48. The summed E-state index contributed by atoms with van der Waals surface area (Å²) in [6.45, 7) is -0.654. The van der Waals surface area contributed by atoms with Crippen molar-refractivity contribution >= 4 is 10.0 Å². The highest BCUT2D eigenvalue weighted by atomic mass is 32.2. The maximum Gasteiger partial charge on any atom is 0.414 e. The van der Waals surface area contributed by atoms with Crippen LogP contribution < -0.4 is 0 Å². The molecule has 1 heterocycles. The van der Waals surface area contributed by atoms with Crippen LogP contribution in [-0.4, -0.2) is 31.7 Å². The number of nitrogens with zero attached hydrogens (tertiary/aromatic N) is 1. The zero-order valence-corrected chi connectivity index (χ0v) is 8.06. The molecule has 0 unspecified atom stereocenters. The van der Waals surface area contributed by atoms with Crippen molar-refractivity contribution in [1.82, 2.24) is 4.31 Å². The van der Waals surface area contributed by atoms with Crippen LogP contribution in [0.3, 0.4) is 0 Å². The van der Waals surface area contributed by atoms with E-state index < -0.39 is 28.3 Å². The van der Waals surface area contributed by atoms with E-state index in [2.05, 4.69) is 0 Å². The summed E-state index contributed by atoms with van der Waals surface area (Å²) in [6, 6.07) is 0. The molecule has 14 heavy (non-hydrogen) atoms. The molecule has 0 aromatic carbocycles. The first-order chi connectivity index (χ1) is 6.21. The molecule has 1 aliphatic heterocycles. The van der Waals surface area contributed by atoms with Gasteiger partial charge in [-0.05, 0) is 6.08 Å². The van der Waals surface area contributed by atoms with E-state index in [1.54, 1.807) is 0 Å². The number of halogens is 3. The molecule has 0 atom stereocenters. The van der Waals surface area contributed by atoms with E-state index >= 15 is 0 Å². The lowest BCUT2D eigenvalue weighted by Crippen LogP contribution is -2.32. The van der Waals surface area contributed by atoms with Crippen molar-refractivity contribution in [3.8, 4) is 0 Å². The number of allylic oxidation sites excluding steroid dienone is 2. The molecule has 1 rings (SSSR count). The third kappa shape index (κ3) is 2.50. The Bertz CT molecular complexity index is 380. The van der Waals surface area contributed by atoms with Crippen molar-refractivity contribution in [2.45, 2.75) is 6.18 Å². The van der Waals surface area contributed by atoms with Crippen molar-refractivity contribution < 1.29 is 21.6 Å². The zero-order valence-electron chi connectivity index (χ0n) is 7.25. The second-order valence-corrected chi connectivity index (χ2v) is 4.77. The smallest absolute Gasteiger partial charge is 0.273 e. The predicted molar refractivity (Wildman–Crippen MR) is 44.8 cm³/mol. The minimum Gasteiger partial charge on any atom is -0.273 e. The summed E-state index contributed by atoms with van der Waals surface area (Å²) < 4.78 is 59.1. The van der Waals surface area contributed by atoms with Gasteiger partial charge in [0.2, 0.25) is 10.0 Å². The van der Waals surface area contributed by atoms with Gasteiger partial charge in [0, 0.05) is 6.20 Å². The fourth-order valence-electron chi connectivity index (χ4n) is 0.940. The molecule has 3 nitrogen and oxygen atoms in total. The van der Waals surface area contributed by atoms with E-state index in [1.807, 2.05) is 0 Å². The van der Waals surface area contributed by atoms with Gasteiger partial charge in [-0.3, -0.25) is 4.31 Å². The van der Waals surface area contributed by atoms with E-state index in [4.69, 9.17) is 0 Å². The Morgan fingerprint density at radius 2 is 2.00 bits per heavy atom. The maximum absolute atomic E-state index is 12.2. The Kier molecular flexibility index (Phi) is 2.62. The topological polar surface area (TPSA) is 37.4 Å². The van der Waals surface area contributed by atoms with Crippen molar-refractivity contribution in [2.24, 2.45) is 0 Å².